The molecule has 0 radical (unpaired) electrons. The van der Waals surface area contributed by atoms with Crippen LogP contribution in [0.5, 0.6) is 0 Å². The molecule has 1 heterocycles. The highest BCUT2D eigenvalue weighted by atomic mass is 16.4. The standard InChI is InChI=1S/C16H22N2O3/c1-2-12-7-6-10-18(11-12)16(21)17-14(15(19)20)13-8-4-3-5-9-13/h3-5,8-9,12,14H,2,6-7,10-11H2,1H3,(H,17,21)(H,19,20). The number of carbonyl (C=O) groups is 2. The average molecular weight is 290 g/mol. The van der Waals surface area contributed by atoms with Crippen LogP contribution in [0.4, 0.5) is 4.79 Å². The number of amides is 2. The summed E-state index contributed by atoms with van der Waals surface area (Å²) in [6.07, 6.45) is 3.17. The van der Waals surface area contributed by atoms with Crippen molar-refractivity contribution in [2.45, 2.75) is 32.2 Å². The van der Waals surface area contributed by atoms with Crippen LogP contribution in [0.15, 0.2) is 30.3 Å². The van der Waals surface area contributed by atoms with Gasteiger partial charge in [-0.1, -0.05) is 43.7 Å². The molecule has 1 fully saturated rings. The Morgan fingerprint density at radius 2 is 2.10 bits per heavy atom. The molecule has 1 saturated heterocycles. The predicted molar refractivity (Wildman–Crippen MR) is 79.9 cm³/mol. The quantitative estimate of drug-likeness (QED) is 0.895. The Balaban J connectivity index is 2.03. The summed E-state index contributed by atoms with van der Waals surface area (Å²) in [6, 6.07) is 7.50. The summed E-state index contributed by atoms with van der Waals surface area (Å²) >= 11 is 0. The van der Waals surface area contributed by atoms with Crippen LogP contribution in [0.3, 0.4) is 0 Å². The van der Waals surface area contributed by atoms with E-state index < -0.39 is 12.0 Å². The van der Waals surface area contributed by atoms with Crippen LogP contribution in [0.1, 0.15) is 37.8 Å². The van der Waals surface area contributed by atoms with Crippen molar-refractivity contribution in [1.29, 1.82) is 0 Å². The highest BCUT2D eigenvalue weighted by Crippen LogP contribution is 2.20. The summed E-state index contributed by atoms with van der Waals surface area (Å²) in [7, 11) is 0. The van der Waals surface area contributed by atoms with Gasteiger partial charge in [-0.05, 0) is 24.3 Å². The third-order valence-corrected chi connectivity index (χ3v) is 4.03. The van der Waals surface area contributed by atoms with E-state index in [9.17, 15) is 14.7 Å². The molecule has 114 valence electrons. The number of rotatable bonds is 4. The first kappa shape index (κ1) is 15.4. The fourth-order valence-corrected chi connectivity index (χ4v) is 2.73. The third kappa shape index (κ3) is 3.97. The average Bonchev–Trinajstić information content (AvgIpc) is 2.53. The molecule has 1 aromatic rings. The number of nitrogens with zero attached hydrogens (tertiary/aromatic N) is 1. The number of likely N-dealkylation sites (tertiary alicyclic amines) is 1. The summed E-state index contributed by atoms with van der Waals surface area (Å²) < 4.78 is 0. The van der Waals surface area contributed by atoms with Crippen LogP contribution in [0.25, 0.3) is 0 Å². The molecule has 0 aliphatic carbocycles. The molecule has 1 aromatic carbocycles. The van der Waals surface area contributed by atoms with Crippen molar-refractivity contribution in [2.75, 3.05) is 13.1 Å². The Kier molecular flexibility index (Phi) is 5.20. The van der Waals surface area contributed by atoms with Gasteiger partial charge in [0.2, 0.25) is 0 Å². The summed E-state index contributed by atoms with van der Waals surface area (Å²) in [4.78, 5) is 25.4. The molecule has 2 rings (SSSR count). The lowest BCUT2D eigenvalue weighted by molar-refractivity contribution is -0.139. The lowest BCUT2D eigenvalue weighted by Crippen LogP contribution is -2.47. The van der Waals surface area contributed by atoms with Crippen LogP contribution in [0.2, 0.25) is 0 Å². The van der Waals surface area contributed by atoms with Gasteiger partial charge in [0.15, 0.2) is 6.04 Å². The van der Waals surface area contributed by atoms with Gasteiger partial charge in [0.05, 0.1) is 0 Å². The first-order valence-electron chi connectivity index (χ1n) is 7.45. The first-order valence-corrected chi connectivity index (χ1v) is 7.45. The Hall–Kier alpha value is -2.04. The van der Waals surface area contributed by atoms with E-state index in [1.165, 1.54) is 0 Å². The van der Waals surface area contributed by atoms with Gasteiger partial charge >= 0.3 is 12.0 Å². The van der Waals surface area contributed by atoms with E-state index in [1.807, 2.05) is 6.07 Å². The lowest BCUT2D eigenvalue weighted by atomic mass is 9.96. The Morgan fingerprint density at radius 3 is 2.71 bits per heavy atom. The maximum absolute atomic E-state index is 12.3. The zero-order valence-corrected chi connectivity index (χ0v) is 12.3. The number of urea groups is 1. The van der Waals surface area contributed by atoms with E-state index in [2.05, 4.69) is 12.2 Å². The van der Waals surface area contributed by atoms with Crippen molar-refractivity contribution in [3.05, 3.63) is 35.9 Å². The second-order valence-electron chi connectivity index (χ2n) is 5.49. The van der Waals surface area contributed by atoms with Gasteiger partial charge in [-0.3, -0.25) is 0 Å². The van der Waals surface area contributed by atoms with Crippen LogP contribution in [-0.4, -0.2) is 35.1 Å². The highest BCUT2D eigenvalue weighted by molar-refractivity contribution is 5.83. The molecule has 2 N–H and O–H groups in total. The number of carboxylic acids is 1. The molecular weight excluding hydrogens is 268 g/mol. The highest BCUT2D eigenvalue weighted by Gasteiger charge is 2.27. The second kappa shape index (κ2) is 7.11. The van der Waals surface area contributed by atoms with Gasteiger partial charge in [0.25, 0.3) is 0 Å². The van der Waals surface area contributed by atoms with Crippen LogP contribution < -0.4 is 5.32 Å². The van der Waals surface area contributed by atoms with E-state index in [4.69, 9.17) is 0 Å². The topological polar surface area (TPSA) is 69.6 Å². The molecule has 2 atom stereocenters. The molecule has 0 spiro atoms. The second-order valence-corrected chi connectivity index (χ2v) is 5.49. The SMILES string of the molecule is CCC1CCCN(C(=O)NC(C(=O)O)c2ccccc2)C1. The number of carboxylic acid groups (broad SMARTS) is 1. The number of carbonyl (C=O) groups excluding carboxylic acids is 1. The molecule has 1 aliphatic rings. The zero-order chi connectivity index (χ0) is 15.2. The van der Waals surface area contributed by atoms with Gasteiger partial charge in [0, 0.05) is 13.1 Å². The zero-order valence-electron chi connectivity index (χ0n) is 12.3. The molecule has 0 saturated carbocycles. The van der Waals surface area contributed by atoms with Crippen molar-refractivity contribution in [3.63, 3.8) is 0 Å². The van der Waals surface area contributed by atoms with Crippen LogP contribution >= 0.6 is 0 Å². The Morgan fingerprint density at radius 1 is 1.38 bits per heavy atom. The Bertz CT molecular complexity index is 490. The summed E-state index contributed by atoms with van der Waals surface area (Å²) in [5.41, 5.74) is 0.586. The van der Waals surface area contributed by atoms with Crippen LogP contribution in [0, 0.1) is 5.92 Å². The van der Waals surface area contributed by atoms with Crippen molar-refractivity contribution < 1.29 is 14.7 Å². The molecule has 1 aliphatic heterocycles. The van der Waals surface area contributed by atoms with E-state index in [0.717, 1.165) is 19.3 Å². The number of hydrogen-bond acceptors (Lipinski definition) is 2. The largest absolute Gasteiger partial charge is 0.479 e. The molecule has 2 amide bonds. The minimum Gasteiger partial charge on any atom is -0.479 e. The van der Waals surface area contributed by atoms with Crippen molar-refractivity contribution in [2.24, 2.45) is 5.92 Å². The minimum absolute atomic E-state index is 0.288. The maximum atomic E-state index is 12.3. The summed E-state index contributed by atoms with van der Waals surface area (Å²) in [5, 5.41) is 12.0. The predicted octanol–water partition coefficient (Wildman–Crippen LogP) is 2.64. The number of nitrogens with one attached hydrogen (secondary N) is 1. The lowest BCUT2D eigenvalue weighted by Gasteiger charge is -2.33. The number of piperidine rings is 1. The van der Waals surface area contributed by atoms with E-state index in [0.29, 0.717) is 24.6 Å². The molecule has 0 aromatic heterocycles. The van der Waals surface area contributed by atoms with E-state index in [-0.39, 0.29) is 6.03 Å². The molecule has 2 unspecified atom stereocenters. The summed E-state index contributed by atoms with van der Waals surface area (Å²) in [6.45, 7) is 3.53. The fraction of sp³-hybridized carbons (Fsp3) is 0.500. The Labute approximate surface area is 125 Å². The number of benzene rings is 1. The maximum Gasteiger partial charge on any atom is 0.330 e. The molecule has 21 heavy (non-hydrogen) atoms. The van der Waals surface area contributed by atoms with Gasteiger partial charge in [-0.25, -0.2) is 9.59 Å². The smallest absolute Gasteiger partial charge is 0.330 e. The molecule has 5 heteroatoms. The van der Waals surface area contributed by atoms with Crippen LogP contribution in [-0.2, 0) is 4.79 Å². The fourth-order valence-electron chi connectivity index (χ4n) is 2.73. The normalized spacial score (nSPS) is 19.9. The van der Waals surface area contributed by atoms with Gasteiger partial charge in [0.1, 0.15) is 0 Å². The van der Waals surface area contributed by atoms with E-state index in [1.54, 1.807) is 29.2 Å². The van der Waals surface area contributed by atoms with Gasteiger partial charge in [-0.15, -0.1) is 0 Å². The minimum atomic E-state index is -1.04. The van der Waals surface area contributed by atoms with Gasteiger partial charge < -0.3 is 15.3 Å². The summed E-state index contributed by atoms with van der Waals surface area (Å²) in [5.74, 6) is -0.525. The number of hydrogen-bond donors (Lipinski definition) is 2. The molecular formula is C16H22N2O3. The third-order valence-electron chi connectivity index (χ3n) is 4.03. The monoisotopic (exact) mass is 290 g/mol. The van der Waals surface area contributed by atoms with E-state index >= 15 is 0 Å². The van der Waals surface area contributed by atoms with Crippen molar-refractivity contribution in [1.82, 2.24) is 10.2 Å². The molecule has 5 nitrogen and oxygen atoms in total. The number of aliphatic carboxylic acids is 1. The van der Waals surface area contributed by atoms with Gasteiger partial charge in [-0.2, -0.15) is 0 Å². The van der Waals surface area contributed by atoms with Crippen molar-refractivity contribution in [3.8, 4) is 0 Å². The van der Waals surface area contributed by atoms with Crippen molar-refractivity contribution >= 4 is 12.0 Å². The molecule has 0 bridgehead atoms. The first-order chi connectivity index (χ1) is 10.1.